The lowest BCUT2D eigenvalue weighted by atomic mass is 10.1. The SMILES string of the molecule is NC=C(C=NC1CCNCC1)c1cnc2ccc(NC(=O)NC3CCCC3)nc2c1. The fourth-order valence-corrected chi connectivity index (χ4v) is 4.00. The topological polar surface area (TPSA) is 117 Å². The molecule has 2 aromatic rings. The maximum absolute atomic E-state index is 12.2. The number of amides is 2. The van der Waals surface area contributed by atoms with E-state index in [0.717, 1.165) is 55.4 Å². The number of pyridine rings is 2. The van der Waals surface area contributed by atoms with Crippen LogP contribution in [0.1, 0.15) is 44.1 Å². The molecule has 0 spiro atoms. The van der Waals surface area contributed by atoms with Crippen LogP contribution in [0.4, 0.5) is 10.6 Å². The van der Waals surface area contributed by atoms with Crippen molar-refractivity contribution in [1.29, 1.82) is 0 Å². The van der Waals surface area contributed by atoms with Crippen LogP contribution in [0.5, 0.6) is 0 Å². The predicted octanol–water partition coefficient (Wildman–Crippen LogP) is 2.82. The Morgan fingerprint density at radius 1 is 1.17 bits per heavy atom. The van der Waals surface area contributed by atoms with Crippen molar-refractivity contribution in [3.05, 3.63) is 36.2 Å². The van der Waals surface area contributed by atoms with Gasteiger partial charge in [-0.25, -0.2) is 9.78 Å². The Kier molecular flexibility index (Phi) is 6.53. The molecule has 2 amide bonds. The summed E-state index contributed by atoms with van der Waals surface area (Å²) in [5.41, 5.74) is 8.97. The number of nitrogens with zero attached hydrogens (tertiary/aromatic N) is 3. The molecule has 2 fully saturated rings. The van der Waals surface area contributed by atoms with E-state index in [2.05, 4.69) is 30.9 Å². The number of aliphatic imine (C=N–C) groups is 1. The molecule has 1 saturated carbocycles. The van der Waals surface area contributed by atoms with Crippen LogP contribution >= 0.6 is 0 Å². The summed E-state index contributed by atoms with van der Waals surface area (Å²) in [6.45, 7) is 1.99. The van der Waals surface area contributed by atoms with Gasteiger partial charge < -0.3 is 16.4 Å². The number of fused-ring (bicyclic) bond motifs is 1. The van der Waals surface area contributed by atoms with Gasteiger partial charge in [-0.2, -0.15) is 0 Å². The number of aromatic nitrogens is 2. The number of rotatable bonds is 5. The second-order valence-electron chi connectivity index (χ2n) is 7.92. The van der Waals surface area contributed by atoms with Crippen LogP contribution in [0.3, 0.4) is 0 Å². The lowest BCUT2D eigenvalue weighted by molar-refractivity contribution is 0.248. The number of nitrogens with one attached hydrogen (secondary N) is 3. The molecular formula is C22H29N7O. The van der Waals surface area contributed by atoms with Crippen molar-refractivity contribution < 1.29 is 4.79 Å². The van der Waals surface area contributed by atoms with E-state index in [1.807, 2.05) is 18.3 Å². The van der Waals surface area contributed by atoms with E-state index in [9.17, 15) is 4.79 Å². The maximum Gasteiger partial charge on any atom is 0.320 e. The first-order chi connectivity index (χ1) is 14.7. The number of carbonyl (C=O) groups excluding carboxylic acids is 1. The molecule has 0 bridgehead atoms. The molecule has 1 saturated heterocycles. The summed E-state index contributed by atoms with van der Waals surface area (Å²) in [6, 6.07) is 5.91. The number of nitrogens with two attached hydrogens (primary N) is 1. The normalized spacial score (nSPS) is 18.9. The highest BCUT2D eigenvalue weighted by Crippen LogP contribution is 2.20. The second-order valence-corrected chi connectivity index (χ2v) is 7.92. The summed E-state index contributed by atoms with van der Waals surface area (Å²) in [7, 11) is 0. The Hall–Kier alpha value is -3.00. The van der Waals surface area contributed by atoms with Crippen molar-refractivity contribution >= 4 is 34.7 Å². The molecule has 0 aromatic carbocycles. The third-order valence-corrected chi connectivity index (χ3v) is 5.72. The molecule has 8 heteroatoms. The highest BCUT2D eigenvalue weighted by molar-refractivity contribution is 6.10. The zero-order valence-electron chi connectivity index (χ0n) is 17.1. The van der Waals surface area contributed by atoms with E-state index >= 15 is 0 Å². The van der Waals surface area contributed by atoms with Gasteiger partial charge in [-0.1, -0.05) is 12.8 Å². The first kappa shape index (κ1) is 20.3. The van der Waals surface area contributed by atoms with Gasteiger partial charge in [-0.15, -0.1) is 0 Å². The van der Waals surface area contributed by atoms with Gasteiger partial charge in [0.15, 0.2) is 0 Å². The van der Waals surface area contributed by atoms with Crippen LogP contribution < -0.4 is 21.7 Å². The van der Waals surface area contributed by atoms with Gasteiger partial charge in [-0.05, 0) is 57.0 Å². The minimum atomic E-state index is -0.213. The fraction of sp³-hybridized carbons (Fsp3) is 0.455. The summed E-state index contributed by atoms with van der Waals surface area (Å²) >= 11 is 0. The van der Waals surface area contributed by atoms with Crippen molar-refractivity contribution in [2.45, 2.75) is 50.6 Å². The Balaban J connectivity index is 1.47. The van der Waals surface area contributed by atoms with E-state index in [1.165, 1.54) is 12.8 Å². The molecule has 1 aliphatic carbocycles. The monoisotopic (exact) mass is 407 g/mol. The van der Waals surface area contributed by atoms with Crippen LogP contribution in [-0.2, 0) is 0 Å². The summed E-state index contributed by atoms with van der Waals surface area (Å²) < 4.78 is 0. The predicted molar refractivity (Wildman–Crippen MR) is 120 cm³/mol. The van der Waals surface area contributed by atoms with Gasteiger partial charge in [0.2, 0.25) is 0 Å². The zero-order chi connectivity index (χ0) is 20.8. The van der Waals surface area contributed by atoms with Gasteiger partial charge in [0.05, 0.1) is 17.1 Å². The average molecular weight is 408 g/mol. The molecular weight excluding hydrogens is 378 g/mol. The summed E-state index contributed by atoms with van der Waals surface area (Å²) in [5, 5.41) is 9.18. The van der Waals surface area contributed by atoms with E-state index in [4.69, 9.17) is 5.73 Å². The van der Waals surface area contributed by atoms with E-state index in [-0.39, 0.29) is 12.1 Å². The highest BCUT2D eigenvalue weighted by atomic mass is 16.2. The Morgan fingerprint density at radius 2 is 1.97 bits per heavy atom. The molecule has 0 radical (unpaired) electrons. The van der Waals surface area contributed by atoms with E-state index in [1.54, 1.807) is 18.5 Å². The van der Waals surface area contributed by atoms with Crippen LogP contribution in [0.2, 0.25) is 0 Å². The van der Waals surface area contributed by atoms with Crippen LogP contribution in [0, 0.1) is 0 Å². The summed E-state index contributed by atoms with van der Waals surface area (Å²) in [5.74, 6) is 0.499. The van der Waals surface area contributed by atoms with Gasteiger partial charge in [-0.3, -0.25) is 15.3 Å². The first-order valence-corrected chi connectivity index (χ1v) is 10.7. The Bertz CT molecular complexity index is 944. The highest BCUT2D eigenvalue weighted by Gasteiger charge is 2.17. The van der Waals surface area contributed by atoms with Crippen molar-refractivity contribution in [1.82, 2.24) is 20.6 Å². The molecule has 4 rings (SSSR count). The van der Waals surface area contributed by atoms with Crippen molar-refractivity contribution in [3.63, 3.8) is 0 Å². The number of allylic oxidation sites excluding steroid dienone is 1. The molecule has 5 N–H and O–H groups in total. The average Bonchev–Trinajstić information content (AvgIpc) is 3.27. The Labute approximate surface area is 176 Å². The lowest BCUT2D eigenvalue weighted by Gasteiger charge is -2.18. The van der Waals surface area contributed by atoms with Gasteiger partial charge >= 0.3 is 6.03 Å². The summed E-state index contributed by atoms with van der Waals surface area (Å²) in [4.78, 5) is 26.0. The van der Waals surface area contributed by atoms with E-state index < -0.39 is 0 Å². The molecule has 158 valence electrons. The van der Waals surface area contributed by atoms with Crippen molar-refractivity contribution in [2.24, 2.45) is 10.7 Å². The second kappa shape index (κ2) is 9.67. The number of hydrogen-bond donors (Lipinski definition) is 4. The lowest BCUT2D eigenvalue weighted by Crippen LogP contribution is -2.36. The molecule has 3 heterocycles. The zero-order valence-corrected chi connectivity index (χ0v) is 17.1. The third kappa shape index (κ3) is 5.13. The Morgan fingerprint density at radius 3 is 2.73 bits per heavy atom. The number of hydrogen-bond acceptors (Lipinski definition) is 6. The number of anilines is 1. The third-order valence-electron chi connectivity index (χ3n) is 5.72. The fourth-order valence-electron chi connectivity index (χ4n) is 4.00. The minimum Gasteiger partial charge on any atom is -0.404 e. The van der Waals surface area contributed by atoms with E-state index in [0.29, 0.717) is 17.4 Å². The molecule has 0 unspecified atom stereocenters. The summed E-state index contributed by atoms with van der Waals surface area (Å²) in [6.07, 6.45) is 11.6. The smallest absolute Gasteiger partial charge is 0.320 e. The van der Waals surface area contributed by atoms with Crippen LogP contribution in [0.25, 0.3) is 16.6 Å². The molecule has 1 aliphatic heterocycles. The van der Waals surface area contributed by atoms with Crippen molar-refractivity contribution in [3.8, 4) is 0 Å². The number of carbonyl (C=O) groups is 1. The number of urea groups is 1. The standard InChI is InChI=1S/C22H29N7O/c23-12-16(14-25-17-7-9-24-10-8-17)15-11-20-19(26-13-15)5-6-21(28-20)29-22(30)27-18-3-1-2-4-18/h5-6,11-14,17-18,24H,1-4,7-10,23H2,(H2,27,28,29,30). The van der Waals surface area contributed by atoms with Gasteiger partial charge in [0, 0.05) is 35.8 Å². The minimum absolute atomic E-state index is 0.213. The largest absolute Gasteiger partial charge is 0.404 e. The molecule has 0 atom stereocenters. The van der Waals surface area contributed by atoms with Crippen LogP contribution in [0.15, 0.2) is 35.6 Å². The van der Waals surface area contributed by atoms with Crippen molar-refractivity contribution in [2.75, 3.05) is 18.4 Å². The first-order valence-electron chi connectivity index (χ1n) is 10.7. The molecule has 8 nitrogen and oxygen atoms in total. The molecule has 2 aromatic heterocycles. The van der Waals surface area contributed by atoms with Gasteiger partial charge in [0.25, 0.3) is 0 Å². The molecule has 30 heavy (non-hydrogen) atoms. The van der Waals surface area contributed by atoms with Gasteiger partial charge in [0.1, 0.15) is 5.82 Å². The quantitative estimate of drug-likeness (QED) is 0.569. The maximum atomic E-state index is 12.2. The molecule has 2 aliphatic rings. The van der Waals surface area contributed by atoms with Crippen LogP contribution in [-0.4, -0.2) is 47.4 Å². The number of piperidine rings is 1.